The Morgan fingerprint density at radius 2 is 1.15 bits per heavy atom. The van der Waals surface area contributed by atoms with Gasteiger partial charge >= 0.3 is 0 Å². The molecule has 2 heterocycles. The number of aromatic amines is 1. The lowest BCUT2D eigenvalue weighted by Gasteiger charge is -2.10. The Labute approximate surface area is 195 Å². The molecule has 0 spiro atoms. The number of hydrogen-bond donors (Lipinski definition) is 1. The number of para-hydroxylation sites is 2. The molecule has 0 aliphatic rings. The third kappa shape index (κ3) is 2.24. The van der Waals surface area contributed by atoms with Crippen LogP contribution in [0.4, 0.5) is 0 Å². The van der Waals surface area contributed by atoms with Crippen LogP contribution < -0.4 is 0 Å². The number of fused-ring (bicyclic) bond motifs is 11. The Balaban J connectivity index is 1.71. The van der Waals surface area contributed by atoms with E-state index >= 15 is 0 Å². The molecule has 1 N–H and O–H groups in total. The summed E-state index contributed by atoms with van der Waals surface area (Å²) in [6.45, 7) is 0. The maximum absolute atomic E-state index is 3.85. The van der Waals surface area contributed by atoms with Gasteiger partial charge in [0.25, 0.3) is 0 Å². The van der Waals surface area contributed by atoms with Crippen molar-refractivity contribution in [2.45, 2.75) is 0 Å². The summed E-state index contributed by atoms with van der Waals surface area (Å²) in [6, 6.07) is 41.6. The molecule has 0 saturated heterocycles. The van der Waals surface area contributed by atoms with E-state index < -0.39 is 0 Å². The SMILES string of the molecule is c1ccc(-n2c3ccccc3c3c4[nH]c5cc6ccccc6cc5c4c4ccccc4c32)cc1. The minimum atomic E-state index is 1.18. The van der Waals surface area contributed by atoms with E-state index in [2.05, 4.69) is 125 Å². The summed E-state index contributed by atoms with van der Waals surface area (Å²) >= 11 is 0. The van der Waals surface area contributed by atoms with Gasteiger partial charge in [0.1, 0.15) is 0 Å². The molecule has 0 radical (unpaired) electrons. The van der Waals surface area contributed by atoms with Crippen LogP contribution in [0.2, 0.25) is 0 Å². The summed E-state index contributed by atoms with van der Waals surface area (Å²) in [5, 5.41) is 10.2. The fraction of sp³-hybridized carbons (Fsp3) is 0. The molecule has 0 aliphatic carbocycles. The van der Waals surface area contributed by atoms with Crippen LogP contribution in [-0.4, -0.2) is 9.55 Å². The summed E-state index contributed by atoms with van der Waals surface area (Å²) in [7, 11) is 0. The van der Waals surface area contributed by atoms with Crippen molar-refractivity contribution in [1.82, 2.24) is 9.55 Å². The first-order chi connectivity index (χ1) is 16.9. The van der Waals surface area contributed by atoms with Crippen LogP contribution in [0.25, 0.3) is 70.8 Å². The highest BCUT2D eigenvalue weighted by Gasteiger charge is 2.21. The lowest BCUT2D eigenvalue weighted by molar-refractivity contribution is 1.19. The molecule has 34 heavy (non-hydrogen) atoms. The molecule has 6 aromatic carbocycles. The molecule has 0 aliphatic heterocycles. The second-order valence-electron chi connectivity index (χ2n) is 9.08. The van der Waals surface area contributed by atoms with Crippen molar-refractivity contribution in [1.29, 1.82) is 0 Å². The van der Waals surface area contributed by atoms with Crippen LogP contribution in [0.3, 0.4) is 0 Å². The Hall–Kier alpha value is -4.56. The third-order valence-electron chi connectivity index (χ3n) is 7.26. The number of nitrogens with zero attached hydrogens (tertiary/aromatic N) is 1. The van der Waals surface area contributed by atoms with E-state index in [1.54, 1.807) is 0 Å². The van der Waals surface area contributed by atoms with Gasteiger partial charge in [-0.05, 0) is 46.5 Å². The molecule has 158 valence electrons. The van der Waals surface area contributed by atoms with E-state index in [-0.39, 0.29) is 0 Å². The Morgan fingerprint density at radius 3 is 1.97 bits per heavy atom. The summed E-state index contributed by atoms with van der Waals surface area (Å²) < 4.78 is 2.43. The highest BCUT2D eigenvalue weighted by molar-refractivity contribution is 6.36. The van der Waals surface area contributed by atoms with Crippen LogP contribution >= 0.6 is 0 Å². The molecule has 0 bridgehead atoms. The van der Waals surface area contributed by atoms with Gasteiger partial charge < -0.3 is 9.55 Å². The Kier molecular flexibility index (Phi) is 3.42. The Morgan fingerprint density at radius 1 is 0.500 bits per heavy atom. The zero-order valence-corrected chi connectivity index (χ0v) is 18.4. The zero-order valence-electron chi connectivity index (χ0n) is 18.4. The second kappa shape index (κ2) is 6.49. The maximum Gasteiger partial charge on any atom is 0.0640 e. The quantitative estimate of drug-likeness (QED) is 0.268. The zero-order chi connectivity index (χ0) is 22.2. The molecule has 0 atom stereocenters. The maximum atomic E-state index is 3.85. The topological polar surface area (TPSA) is 20.7 Å². The van der Waals surface area contributed by atoms with Crippen molar-refractivity contribution >= 4 is 65.2 Å². The van der Waals surface area contributed by atoms with Crippen LogP contribution in [-0.2, 0) is 0 Å². The van der Waals surface area contributed by atoms with Gasteiger partial charge in [-0.1, -0.05) is 84.9 Å². The van der Waals surface area contributed by atoms with E-state index in [4.69, 9.17) is 0 Å². The number of benzene rings is 6. The van der Waals surface area contributed by atoms with Crippen molar-refractivity contribution in [2.75, 3.05) is 0 Å². The molecule has 8 rings (SSSR count). The second-order valence-corrected chi connectivity index (χ2v) is 9.08. The first-order valence-electron chi connectivity index (χ1n) is 11.7. The van der Waals surface area contributed by atoms with Crippen molar-refractivity contribution in [3.8, 4) is 5.69 Å². The summed E-state index contributed by atoms with van der Waals surface area (Å²) in [5.74, 6) is 0. The molecule has 0 amide bonds. The molecule has 0 unspecified atom stereocenters. The first kappa shape index (κ1) is 17.9. The van der Waals surface area contributed by atoms with E-state index in [1.807, 2.05) is 0 Å². The third-order valence-corrected chi connectivity index (χ3v) is 7.26. The van der Waals surface area contributed by atoms with Gasteiger partial charge in [-0.25, -0.2) is 0 Å². The largest absolute Gasteiger partial charge is 0.354 e. The van der Waals surface area contributed by atoms with Gasteiger partial charge in [-0.15, -0.1) is 0 Å². The fourth-order valence-corrected chi connectivity index (χ4v) is 5.85. The average Bonchev–Trinajstić information content (AvgIpc) is 3.44. The van der Waals surface area contributed by atoms with E-state index in [9.17, 15) is 0 Å². The van der Waals surface area contributed by atoms with Gasteiger partial charge in [0.05, 0.1) is 16.6 Å². The van der Waals surface area contributed by atoms with Crippen LogP contribution in [0.1, 0.15) is 0 Å². The number of nitrogens with one attached hydrogen (secondary N) is 1. The number of H-pyrrole nitrogens is 1. The minimum Gasteiger partial charge on any atom is -0.354 e. The number of hydrogen-bond acceptors (Lipinski definition) is 0. The predicted octanol–water partition coefficient (Wildman–Crippen LogP) is 8.72. The normalized spacial score (nSPS) is 12.1. The minimum absolute atomic E-state index is 1.18. The number of rotatable bonds is 1. The van der Waals surface area contributed by atoms with Crippen molar-refractivity contribution < 1.29 is 0 Å². The molecule has 8 aromatic rings. The lowest BCUT2D eigenvalue weighted by Crippen LogP contribution is -1.94. The molecule has 2 nitrogen and oxygen atoms in total. The van der Waals surface area contributed by atoms with Crippen molar-refractivity contribution in [2.24, 2.45) is 0 Å². The first-order valence-corrected chi connectivity index (χ1v) is 11.7. The van der Waals surface area contributed by atoms with Gasteiger partial charge in [-0.2, -0.15) is 0 Å². The predicted molar refractivity (Wildman–Crippen MR) is 145 cm³/mol. The van der Waals surface area contributed by atoms with E-state index in [0.717, 1.165) is 0 Å². The van der Waals surface area contributed by atoms with Crippen molar-refractivity contribution in [3.05, 3.63) is 115 Å². The summed E-state index contributed by atoms with van der Waals surface area (Å²) in [6.07, 6.45) is 0. The smallest absolute Gasteiger partial charge is 0.0640 e. The lowest BCUT2D eigenvalue weighted by atomic mass is 9.98. The molecule has 2 heteroatoms. The van der Waals surface area contributed by atoms with Crippen LogP contribution in [0, 0.1) is 0 Å². The standard InChI is InChI=1S/C32H20N2/c1-2-12-22(13-3-1)34-28-17-9-8-16-25(28)30-31-29(23-14-6-7-15-24(23)32(30)34)26-18-20-10-4-5-11-21(20)19-27(26)33-31/h1-19,33H. The molecular formula is C32H20N2. The van der Waals surface area contributed by atoms with Gasteiger partial charge in [0, 0.05) is 38.1 Å². The van der Waals surface area contributed by atoms with Crippen molar-refractivity contribution in [3.63, 3.8) is 0 Å². The Bertz CT molecular complexity index is 2060. The molecular weight excluding hydrogens is 412 g/mol. The van der Waals surface area contributed by atoms with E-state index in [1.165, 1.54) is 70.8 Å². The monoisotopic (exact) mass is 432 g/mol. The van der Waals surface area contributed by atoms with Gasteiger partial charge in [0.15, 0.2) is 0 Å². The molecule has 2 aromatic heterocycles. The van der Waals surface area contributed by atoms with Gasteiger partial charge in [0.2, 0.25) is 0 Å². The molecule has 0 saturated carbocycles. The number of aromatic nitrogens is 2. The average molecular weight is 433 g/mol. The fourth-order valence-electron chi connectivity index (χ4n) is 5.85. The van der Waals surface area contributed by atoms with E-state index in [0.29, 0.717) is 0 Å². The summed E-state index contributed by atoms with van der Waals surface area (Å²) in [4.78, 5) is 3.85. The summed E-state index contributed by atoms with van der Waals surface area (Å²) in [5.41, 5.74) is 6.06. The highest BCUT2D eigenvalue weighted by atomic mass is 15.0. The van der Waals surface area contributed by atoms with Gasteiger partial charge in [-0.3, -0.25) is 0 Å². The van der Waals surface area contributed by atoms with Crippen LogP contribution in [0.15, 0.2) is 115 Å². The molecule has 0 fully saturated rings. The highest BCUT2D eigenvalue weighted by Crippen LogP contribution is 2.44. The van der Waals surface area contributed by atoms with Crippen LogP contribution in [0.5, 0.6) is 0 Å².